The minimum atomic E-state index is 0.279. The summed E-state index contributed by atoms with van der Waals surface area (Å²) in [4.78, 5) is 14.7. The van der Waals surface area contributed by atoms with Gasteiger partial charge < -0.3 is 10.2 Å². The summed E-state index contributed by atoms with van der Waals surface area (Å²) in [5.74, 6) is 2.85. The van der Waals surface area contributed by atoms with Crippen molar-refractivity contribution in [3.05, 3.63) is 0 Å². The highest BCUT2D eigenvalue weighted by atomic mass is 32.2. The van der Waals surface area contributed by atoms with Gasteiger partial charge in [-0.15, -0.1) is 0 Å². The molecule has 1 amide bonds. The molecule has 0 spiro atoms. The van der Waals surface area contributed by atoms with Crippen LogP contribution < -0.4 is 5.32 Å². The first kappa shape index (κ1) is 14.2. The predicted molar refractivity (Wildman–Crippen MR) is 77.9 cm³/mol. The predicted octanol–water partition coefficient (Wildman–Crippen LogP) is 2.12. The summed E-state index contributed by atoms with van der Waals surface area (Å²) in [5, 5.41) is 3.55. The molecule has 2 aliphatic heterocycles. The molecule has 2 fully saturated rings. The monoisotopic (exact) mass is 270 g/mol. The fourth-order valence-electron chi connectivity index (χ4n) is 2.84. The van der Waals surface area contributed by atoms with Crippen LogP contribution in [0.4, 0.5) is 0 Å². The third-order valence-electron chi connectivity index (χ3n) is 4.01. The average molecular weight is 270 g/mol. The number of nitrogens with zero attached hydrogens (tertiary/aromatic N) is 1. The Morgan fingerprint density at radius 1 is 1.39 bits per heavy atom. The van der Waals surface area contributed by atoms with Crippen molar-refractivity contribution in [1.82, 2.24) is 10.2 Å². The van der Waals surface area contributed by atoms with Crippen molar-refractivity contribution in [3.8, 4) is 0 Å². The van der Waals surface area contributed by atoms with Crippen LogP contribution in [-0.4, -0.2) is 47.5 Å². The summed E-state index contributed by atoms with van der Waals surface area (Å²) in [7, 11) is 0. The van der Waals surface area contributed by atoms with Crippen molar-refractivity contribution in [1.29, 1.82) is 0 Å². The van der Waals surface area contributed by atoms with E-state index in [1.54, 1.807) is 0 Å². The second-order valence-electron chi connectivity index (χ2n) is 5.79. The quantitative estimate of drug-likeness (QED) is 0.849. The van der Waals surface area contributed by atoms with Crippen molar-refractivity contribution in [2.45, 2.75) is 51.6 Å². The van der Waals surface area contributed by atoms with Crippen LogP contribution in [0.1, 0.15) is 39.5 Å². The Labute approximate surface area is 115 Å². The van der Waals surface area contributed by atoms with Gasteiger partial charge in [0.1, 0.15) is 0 Å². The molecule has 3 nitrogen and oxygen atoms in total. The Bertz CT molecular complexity index is 271. The van der Waals surface area contributed by atoms with Crippen LogP contribution in [0.2, 0.25) is 0 Å². The van der Waals surface area contributed by atoms with Crippen LogP contribution in [0.5, 0.6) is 0 Å². The van der Waals surface area contributed by atoms with E-state index >= 15 is 0 Å². The number of carbonyl (C=O) groups is 1. The van der Waals surface area contributed by atoms with Crippen LogP contribution >= 0.6 is 11.8 Å². The zero-order valence-electron chi connectivity index (χ0n) is 11.7. The number of carbonyl (C=O) groups excluding carboxylic acids is 1. The van der Waals surface area contributed by atoms with E-state index in [2.05, 4.69) is 24.1 Å². The highest BCUT2D eigenvalue weighted by molar-refractivity contribution is 7.99. The molecule has 2 aliphatic rings. The molecule has 0 bridgehead atoms. The summed E-state index contributed by atoms with van der Waals surface area (Å²) in [6.07, 6.45) is 4.88. The molecule has 2 atom stereocenters. The third kappa shape index (κ3) is 3.64. The van der Waals surface area contributed by atoms with Gasteiger partial charge in [0.05, 0.1) is 0 Å². The number of hydrogen-bond acceptors (Lipinski definition) is 3. The Morgan fingerprint density at radius 2 is 2.22 bits per heavy atom. The fraction of sp³-hybridized carbons (Fsp3) is 0.929. The number of amides is 1. The second-order valence-corrected chi connectivity index (χ2v) is 6.94. The van der Waals surface area contributed by atoms with Gasteiger partial charge >= 0.3 is 0 Å². The van der Waals surface area contributed by atoms with Gasteiger partial charge in [-0.2, -0.15) is 11.8 Å². The summed E-state index contributed by atoms with van der Waals surface area (Å²) in [6, 6.07) is 0.839. The van der Waals surface area contributed by atoms with E-state index in [0.29, 0.717) is 18.0 Å². The van der Waals surface area contributed by atoms with Gasteiger partial charge in [-0.1, -0.05) is 6.42 Å². The third-order valence-corrected chi connectivity index (χ3v) is 5.18. The van der Waals surface area contributed by atoms with E-state index in [-0.39, 0.29) is 5.92 Å². The van der Waals surface area contributed by atoms with E-state index < -0.39 is 0 Å². The van der Waals surface area contributed by atoms with Crippen LogP contribution in [0.3, 0.4) is 0 Å². The Kier molecular flexibility index (Phi) is 5.37. The van der Waals surface area contributed by atoms with Crippen molar-refractivity contribution in [2.75, 3.05) is 24.6 Å². The maximum Gasteiger partial charge on any atom is 0.226 e. The number of hydrogen-bond donors (Lipinski definition) is 1. The normalized spacial score (nSPS) is 28.6. The minimum Gasteiger partial charge on any atom is -0.338 e. The van der Waals surface area contributed by atoms with Crippen LogP contribution in [0.25, 0.3) is 0 Å². The first-order valence-corrected chi connectivity index (χ1v) is 8.45. The minimum absolute atomic E-state index is 0.279. The molecular weight excluding hydrogens is 244 g/mol. The van der Waals surface area contributed by atoms with E-state index in [9.17, 15) is 4.79 Å². The first-order chi connectivity index (χ1) is 8.68. The highest BCUT2D eigenvalue weighted by Crippen LogP contribution is 2.26. The topological polar surface area (TPSA) is 32.3 Å². The number of piperidine rings is 1. The maximum absolute atomic E-state index is 12.5. The van der Waals surface area contributed by atoms with Crippen molar-refractivity contribution in [3.63, 3.8) is 0 Å². The van der Waals surface area contributed by atoms with Crippen molar-refractivity contribution in [2.24, 2.45) is 5.92 Å². The Morgan fingerprint density at radius 3 is 2.78 bits per heavy atom. The summed E-state index contributed by atoms with van der Waals surface area (Å²) >= 11 is 1.92. The van der Waals surface area contributed by atoms with E-state index in [4.69, 9.17) is 0 Å². The van der Waals surface area contributed by atoms with Crippen LogP contribution in [0, 0.1) is 5.92 Å². The maximum atomic E-state index is 12.5. The SMILES string of the molecule is CC(C)N(CC1CCCCN1)C(=O)C1CCSC1. The molecule has 0 aliphatic carbocycles. The standard InChI is InChI=1S/C14H26N2OS/c1-11(2)16(9-13-5-3-4-7-15-13)14(17)12-6-8-18-10-12/h11-13,15H,3-10H2,1-2H3. The fourth-order valence-corrected chi connectivity index (χ4v) is 4.05. The first-order valence-electron chi connectivity index (χ1n) is 7.30. The summed E-state index contributed by atoms with van der Waals surface area (Å²) < 4.78 is 0. The number of thioether (sulfide) groups is 1. The molecule has 0 saturated carbocycles. The average Bonchev–Trinajstić information content (AvgIpc) is 2.90. The molecule has 104 valence electrons. The second kappa shape index (κ2) is 6.80. The lowest BCUT2D eigenvalue weighted by atomic mass is 10.0. The van der Waals surface area contributed by atoms with Gasteiger partial charge in [-0.05, 0) is 45.4 Å². The van der Waals surface area contributed by atoms with Gasteiger partial charge in [0.15, 0.2) is 0 Å². The molecule has 1 N–H and O–H groups in total. The molecule has 2 unspecified atom stereocenters. The van der Waals surface area contributed by atoms with Crippen LogP contribution in [0.15, 0.2) is 0 Å². The Hall–Kier alpha value is -0.220. The Balaban J connectivity index is 1.91. The number of nitrogens with one attached hydrogen (secondary N) is 1. The molecule has 4 heteroatoms. The van der Waals surface area contributed by atoms with E-state index in [1.165, 1.54) is 19.3 Å². The van der Waals surface area contributed by atoms with Crippen molar-refractivity contribution < 1.29 is 4.79 Å². The van der Waals surface area contributed by atoms with Gasteiger partial charge in [0.2, 0.25) is 5.91 Å². The molecule has 2 heterocycles. The zero-order chi connectivity index (χ0) is 13.0. The molecule has 0 aromatic rings. The van der Waals surface area contributed by atoms with E-state index in [0.717, 1.165) is 31.0 Å². The molecule has 2 saturated heterocycles. The van der Waals surface area contributed by atoms with Crippen LogP contribution in [-0.2, 0) is 4.79 Å². The van der Waals surface area contributed by atoms with Gasteiger partial charge in [-0.25, -0.2) is 0 Å². The molecule has 0 radical (unpaired) electrons. The van der Waals surface area contributed by atoms with E-state index in [1.807, 2.05) is 11.8 Å². The lowest BCUT2D eigenvalue weighted by Gasteiger charge is -2.34. The lowest BCUT2D eigenvalue weighted by molar-refractivity contribution is -0.137. The lowest BCUT2D eigenvalue weighted by Crippen LogP contribution is -2.50. The van der Waals surface area contributed by atoms with Gasteiger partial charge in [0, 0.05) is 30.3 Å². The zero-order valence-corrected chi connectivity index (χ0v) is 12.5. The molecular formula is C14H26N2OS. The van der Waals surface area contributed by atoms with Gasteiger partial charge in [0.25, 0.3) is 0 Å². The smallest absolute Gasteiger partial charge is 0.226 e. The summed E-state index contributed by atoms with van der Waals surface area (Å²) in [6.45, 7) is 6.30. The van der Waals surface area contributed by atoms with Gasteiger partial charge in [-0.3, -0.25) is 4.79 Å². The molecule has 0 aromatic heterocycles. The largest absolute Gasteiger partial charge is 0.338 e. The molecule has 2 rings (SSSR count). The number of rotatable bonds is 4. The van der Waals surface area contributed by atoms with Crippen molar-refractivity contribution >= 4 is 17.7 Å². The molecule has 18 heavy (non-hydrogen) atoms. The molecule has 0 aromatic carbocycles. The highest BCUT2D eigenvalue weighted by Gasteiger charge is 2.30. The summed E-state index contributed by atoms with van der Waals surface area (Å²) in [5.41, 5.74) is 0.